The lowest BCUT2D eigenvalue weighted by molar-refractivity contribution is 0.252. The van der Waals surface area contributed by atoms with Crippen LogP contribution in [-0.4, -0.2) is 14.6 Å². The number of rotatable bonds is 3. The van der Waals surface area contributed by atoms with E-state index >= 15 is 0 Å². The van der Waals surface area contributed by atoms with Gasteiger partial charge in [0.1, 0.15) is 5.15 Å². The van der Waals surface area contributed by atoms with E-state index in [4.69, 9.17) is 16.6 Å². The zero-order chi connectivity index (χ0) is 12.7. The predicted molar refractivity (Wildman–Crippen MR) is 76.1 cm³/mol. The third-order valence-corrected chi connectivity index (χ3v) is 4.77. The summed E-state index contributed by atoms with van der Waals surface area (Å²) in [5, 5.41) is 4.84. The van der Waals surface area contributed by atoms with Gasteiger partial charge in [-0.3, -0.25) is 0 Å². The zero-order valence-electron chi connectivity index (χ0n) is 10.2. The topological polar surface area (TPSA) is 30.2 Å². The summed E-state index contributed by atoms with van der Waals surface area (Å²) in [7, 11) is 0. The molecule has 1 fully saturated rings. The Bertz CT molecular complexity index is 577. The minimum absolute atomic E-state index is 0.531. The second-order valence-electron chi connectivity index (χ2n) is 4.94. The molecule has 0 amide bonds. The van der Waals surface area contributed by atoms with Crippen molar-refractivity contribution < 1.29 is 0 Å². The molecule has 96 valence electrons. The Labute approximate surface area is 120 Å². The molecular weight excluding hydrogens is 314 g/mol. The smallest absolute Gasteiger partial charge is 0.171 e. The molecule has 1 atom stereocenters. The van der Waals surface area contributed by atoms with Gasteiger partial charge in [-0.15, -0.1) is 0 Å². The summed E-state index contributed by atoms with van der Waals surface area (Å²) in [6, 6.07) is 1.97. The van der Waals surface area contributed by atoms with Crippen molar-refractivity contribution in [2.75, 3.05) is 0 Å². The van der Waals surface area contributed by atoms with E-state index in [9.17, 15) is 0 Å². The Kier molecular flexibility index (Phi) is 3.32. The van der Waals surface area contributed by atoms with Crippen LogP contribution >= 0.6 is 27.5 Å². The normalized spacial score (nSPS) is 17.9. The summed E-state index contributed by atoms with van der Waals surface area (Å²) in [5.74, 6) is 1.31. The van der Waals surface area contributed by atoms with Crippen LogP contribution in [0.15, 0.2) is 16.7 Å². The van der Waals surface area contributed by atoms with Crippen LogP contribution in [-0.2, 0) is 0 Å². The van der Waals surface area contributed by atoms with E-state index in [1.165, 1.54) is 19.3 Å². The number of hydrogen-bond acceptors (Lipinski definition) is 2. The molecule has 0 radical (unpaired) electrons. The summed E-state index contributed by atoms with van der Waals surface area (Å²) < 4.78 is 2.57. The lowest BCUT2D eigenvalue weighted by Crippen LogP contribution is -2.21. The van der Waals surface area contributed by atoms with Crippen molar-refractivity contribution in [3.05, 3.63) is 27.6 Å². The molecule has 0 N–H and O–H groups in total. The molecule has 1 unspecified atom stereocenters. The molecule has 0 saturated heterocycles. The highest BCUT2D eigenvalue weighted by Crippen LogP contribution is 2.41. The van der Waals surface area contributed by atoms with Crippen LogP contribution in [0.2, 0.25) is 5.15 Å². The molecule has 1 aliphatic rings. The van der Waals surface area contributed by atoms with Crippen molar-refractivity contribution in [1.29, 1.82) is 0 Å². The maximum Gasteiger partial charge on any atom is 0.171 e. The Balaban J connectivity index is 2.07. The lowest BCUT2D eigenvalue weighted by Gasteiger charge is -2.33. The van der Waals surface area contributed by atoms with E-state index in [-0.39, 0.29) is 0 Å². The number of hydrogen-bond donors (Lipinski definition) is 0. The minimum Gasteiger partial charge on any atom is -0.232 e. The maximum absolute atomic E-state index is 6.28. The first-order valence-electron chi connectivity index (χ1n) is 6.40. The van der Waals surface area contributed by atoms with Gasteiger partial charge in [-0.05, 0) is 47.2 Å². The van der Waals surface area contributed by atoms with Gasteiger partial charge in [0, 0.05) is 11.6 Å². The third kappa shape index (κ3) is 1.95. The third-order valence-electron chi connectivity index (χ3n) is 3.94. The molecule has 2 aromatic heterocycles. The lowest BCUT2D eigenvalue weighted by atomic mass is 9.73. The van der Waals surface area contributed by atoms with Gasteiger partial charge >= 0.3 is 0 Å². The van der Waals surface area contributed by atoms with Crippen molar-refractivity contribution in [2.24, 2.45) is 5.92 Å². The number of halogens is 2. The van der Waals surface area contributed by atoms with Crippen LogP contribution in [0, 0.1) is 5.92 Å². The first kappa shape index (κ1) is 12.4. The van der Waals surface area contributed by atoms with Gasteiger partial charge < -0.3 is 0 Å². The van der Waals surface area contributed by atoms with Gasteiger partial charge in [0.25, 0.3) is 0 Å². The van der Waals surface area contributed by atoms with Crippen LogP contribution < -0.4 is 0 Å². The second kappa shape index (κ2) is 4.82. The van der Waals surface area contributed by atoms with Crippen LogP contribution in [0.25, 0.3) is 5.65 Å². The van der Waals surface area contributed by atoms with Crippen LogP contribution in [0.1, 0.15) is 44.2 Å². The highest BCUT2D eigenvalue weighted by Gasteiger charge is 2.28. The van der Waals surface area contributed by atoms with Gasteiger partial charge in [0.15, 0.2) is 5.65 Å². The predicted octanol–water partition coefficient (Wildman–Crippen LogP) is 4.44. The maximum atomic E-state index is 6.28. The number of aromatic nitrogens is 3. The fraction of sp³-hybridized carbons (Fsp3) is 0.538. The van der Waals surface area contributed by atoms with E-state index in [0.717, 1.165) is 28.2 Å². The highest BCUT2D eigenvalue weighted by molar-refractivity contribution is 9.10. The van der Waals surface area contributed by atoms with E-state index in [1.54, 1.807) is 10.7 Å². The fourth-order valence-corrected chi connectivity index (χ4v) is 3.32. The number of nitrogens with zero attached hydrogens (tertiary/aromatic N) is 3. The van der Waals surface area contributed by atoms with E-state index < -0.39 is 0 Å². The Morgan fingerprint density at radius 2 is 2.33 bits per heavy atom. The molecule has 1 aliphatic carbocycles. The Morgan fingerprint density at radius 1 is 1.56 bits per heavy atom. The molecule has 5 heteroatoms. The monoisotopic (exact) mass is 327 g/mol. The molecule has 0 aliphatic heterocycles. The molecule has 18 heavy (non-hydrogen) atoms. The second-order valence-corrected chi connectivity index (χ2v) is 6.18. The Morgan fingerprint density at radius 3 is 2.94 bits per heavy atom. The molecule has 0 bridgehead atoms. The first-order valence-corrected chi connectivity index (χ1v) is 7.57. The highest BCUT2D eigenvalue weighted by atomic mass is 79.9. The van der Waals surface area contributed by atoms with Gasteiger partial charge in [0.2, 0.25) is 0 Å². The molecular formula is C13H15BrClN3. The van der Waals surface area contributed by atoms with Crippen molar-refractivity contribution in [2.45, 2.75) is 38.5 Å². The molecule has 2 aromatic rings. The standard InChI is InChI=1S/C13H15BrClN3/c1-2-9(8-4-3-5-8)11-6-12(15)18-13(17-11)10(14)7-16-18/h6-9H,2-5H2,1H3. The van der Waals surface area contributed by atoms with E-state index in [2.05, 4.69) is 28.0 Å². The zero-order valence-corrected chi connectivity index (χ0v) is 12.6. The van der Waals surface area contributed by atoms with Gasteiger partial charge in [-0.2, -0.15) is 5.10 Å². The van der Waals surface area contributed by atoms with Gasteiger partial charge in [0.05, 0.1) is 10.7 Å². The average molecular weight is 329 g/mol. The van der Waals surface area contributed by atoms with E-state index in [0.29, 0.717) is 11.1 Å². The molecule has 3 nitrogen and oxygen atoms in total. The Hall–Kier alpha value is -0.610. The summed E-state index contributed by atoms with van der Waals surface area (Å²) in [6.07, 6.45) is 6.86. The fourth-order valence-electron chi connectivity index (χ4n) is 2.73. The summed E-state index contributed by atoms with van der Waals surface area (Å²) >= 11 is 9.75. The quantitative estimate of drug-likeness (QED) is 0.780. The molecule has 0 aromatic carbocycles. The van der Waals surface area contributed by atoms with Crippen molar-refractivity contribution in [1.82, 2.24) is 14.6 Å². The molecule has 0 spiro atoms. The average Bonchev–Trinajstić information content (AvgIpc) is 2.66. The van der Waals surface area contributed by atoms with E-state index in [1.807, 2.05) is 6.07 Å². The van der Waals surface area contributed by atoms with Gasteiger partial charge in [-0.1, -0.05) is 24.9 Å². The summed E-state index contributed by atoms with van der Waals surface area (Å²) in [4.78, 5) is 4.74. The molecule has 3 rings (SSSR count). The minimum atomic E-state index is 0.531. The van der Waals surface area contributed by atoms with Crippen LogP contribution in [0.4, 0.5) is 0 Å². The summed E-state index contributed by atoms with van der Waals surface area (Å²) in [6.45, 7) is 2.23. The SMILES string of the molecule is CCC(c1cc(Cl)n2ncc(Br)c2n1)C1CCC1. The van der Waals surface area contributed by atoms with Crippen molar-refractivity contribution >= 4 is 33.2 Å². The van der Waals surface area contributed by atoms with Crippen LogP contribution in [0.3, 0.4) is 0 Å². The largest absolute Gasteiger partial charge is 0.232 e. The van der Waals surface area contributed by atoms with Crippen molar-refractivity contribution in [3.63, 3.8) is 0 Å². The number of fused-ring (bicyclic) bond motifs is 1. The first-order chi connectivity index (χ1) is 8.70. The van der Waals surface area contributed by atoms with Crippen LogP contribution in [0.5, 0.6) is 0 Å². The molecule has 1 saturated carbocycles. The molecule has 2 heterocycles. The van der Waals surface area contributed by atoms with Crippen molar-refractivity contribution in [3.8, 4) is 0 Å². The van der Waals surface area contributed by atoms with Gasteiger partial charge in [-0.25, -0.2) is 9.50 Å². The summed E-state index contributed by atoms with van der Waals surface area (Å²) in [5.41, 5.74) is 1.93.